The molecule has 0 N–H and O–H groups in total. The molecule has 1 amide bonds. The van der Waals surface area contributed by atoms with Crippen molar-refractivity contribution in [3.63, 3.8) is 0 Å². The third kappa shape index (κ3) is 6.12. The first-order valence-corrected chi connectivity index (χ1v) is 13.0. The summed E-state index contributed by atoms with van der Waals surface area (Å²) in [7, 11) is -1.97. The summed E-state index contributed by atoms with van der Waals surface area (Å²) < 4.78 is 47.3. The Labute approximate surface area is 200 Å². The molecule has 10 heteroatoms. The predicted octanol–water partition coefficient (Wildman–Crippen LogP) is 1.85. The van der Waals surface area contributed by atoms with Crippen LogP contribution in [0.15, 0.2) is 47.4 Å². The Hall–Kier alpha value is -2.98. The number of hydrogen-bond donors (Lipinski definition) is 0. The average Bonchev–Trinajstić information content (AvgIpc) is 2.88. The number of amides is 1. The van der Waals surface area contributed by atoms with Crippen LogP contribution in [0.2, 0.25) is 0 Å². The zero-order valence-corrected chi connectivity index (χ0v) is 20.1. The lowest BCUT2D eigenvalue weighted by molar-refractivity contribution is -0.132. The lowest BCUT2D eigenvalue weighted by Crippen LogP contribution is -2.49. The van der Waals surface area contributed by atoms with E-state index in [4.69, 9.17) is 18.9 Å². The molecule has 2 heterocycles. The fourth-order valence-corrected chi connectivity index (χ4v) is 5.14. The maximum Gasteiger partial charge on any atom is 0.223 e. The SMILES string of the molecule is COc1ccc(OCCN2CCN(C(=O)CCS(=O)(=O)c3ccc4c(c3)OCCO4)CC2)cc1. The van der Waals surface area contributed by atoms with Gasteiger partial charge in [0.2, 0.25) is 5.91 Å². The Balaban J connectivity index is 1.19. The van der Waals surface area contributed by atoms with Gasteiger partial charge in [-0.2, -0.15) is 0 Å². The second-order valence-corrected chi connectivity index (χ2v) is 10.2. The van der Waals surface area contributed by atoms with Crippen molar-refractivity contribution in [1.82, 2.24) is 9.80 Å². The molecule has 0 saturated carbocycles. The lowest BCUT2D eigenvalue weighted by Gasteiger charge is -2.34. The maximum absolute atomic E-state index is 12.7. The van der Waals surface area contributed by atoms with Gasteiger partial charge in [-0.05, 0) is 36.4 Å². The van der Waals surface area contributed by atoms with Gasteiger partial charge in [0, 0.05) is 45.2 Å². The summed E-state index contributed by atoms with van der Waals surface area (Å²) in [5.41, 5.74) is 0. The summed E-state index contributed by atoms with van der Waals surface area (Å²) in [6, 6.07) is 12.0. The van der Waals surface area contributed by atoms with E-state index in [2.05, 4.69) is 4.90 Å². The Morgan fingerprint density at radius 2 is 1.62 bits per heavy atom. The highest BCUT2D eigenvalue weighted by Crippen LogP contribution is 2.32. The van der Waals surface area contributed by atoms with Gasteiger partial charge in [0.25, 0.3) is 0 Å². The van der Waals surface area contributed by atoms with E-state index in [1.54, 1.807) is 18.1 Å². The number of piperazine rings is 1. The number of ether oxygens (including phenoxy) is 4. The third-order valence-corrected chi connectivity index (χ3v) is 7.63. The van der Waals surface area contributed by atoms with E-state index in [1.165, 1.54) is 12.1 Å². The summed E-state index contributed by atoms with van der Waals surface area (Å²) in [6.45, 7) is 4.74. The molecular weight excluding hydrogens is 460 g/mol. The van der Waals surface area contributed by atoms with Crippen molar-refractivity contribution in [2.45, 2.75) is 11.3 Å². The molecule has 2 aromatic rings. The number of nitrogens with zero attached hydrogens (tertiary/aromatic N) is 2. The molecule has 0 aliphatic carbocycles. The molecule has 34 heavy (non-hydrogen) atoms. The van der Waals surface area contributed by atoms with Gasteiger partial charge in [0.1, 0.15) is 31.3 Å². The molecule has 1 saturated heterocycles. The van der Waals surface area contributed by atoms with Crippen molar-refractivity contribution in [2.24, 2.45) is 0 Å². The van der Waals surface area contributed by atoms with Crippen LogP contribution in [-0.2, 0) is 14.6 Å². The molecule has 4 rings (SSSR count). The van der Waals surface area contributed by atoms with Gasteiger partial charge in [-0.15, -0.1) is 0 Å². The maximum atomic E-state index is 12.7. The van der Waals surface area contributed by atoms with E-state index in [-0.39, 0.29) is 23.0 Å². The summed E-state index contributed by atoms with van der Waals surface area (Å²) in [5, 5.41) is 0. The first-order chi connectivity index (χ1) is 16.4. The van der Waals surface area contributed by atoms with Gasteiger partial charge in [0.05, 0.1) is 17.8 Å². The van der Waals surface area contributed by atoms with Crippen LogP contribution >= 0.6 is 0 Å². The highest BCUT2D eigenvalue weighted by Gasteiger charge is 2.24. The van der Waals surface area contributed by atoms with Crippen LogP contribution in [0.5, 0.6) is 23.0 Å². The summed E-state index contributed by atoms with van der Waals surface area (Å²) in [5.74, 6) is 2.15. The minimum Gasteiger partial charge on any atom is -0.497 e. The van der Waals surface area contributed by atoms with Gasteiger partial charge in [0.15, 0.2) is 21.3 Å². The van der Waals surface area contributed by atoms with Crippen molar-refractivity contribution >= 4 is 15.7 Å². The van der Waals surface area contributed by atoms with Gasteiger partial charge < -0.3 is 23.8 Å². The molecule has 2 aliphatic rings. The van der Waals surface area contributed by atoms with Crippen LogP contribution in [-0.4, -0.2) is 89.5 Å². The fraction of sp³-hybridized carbons (Fsp3) is 0.458. The smallest absolute Gasteiger partial charge is 0.223 e. The van der Waals surface area contributed by atoms with Crippen molar-refractivity contribution < 1.29 is 32.2 Å². The highest BCUT2D eigenvalue weighted by atomic mass is 32.2. The number of sulfone groups is 1. The van der Waals surface area contributed by atoms with Crippen molar-refractivity contribution in [3.05, 3.63) is 42.5 Å². The van der Waals surface area contributed by atoms with E-state index < -0.39 is 9.84 Å². The van der Waals surface area contributed by atoms with Crippen LogP contribution in [0.25, 0.3) is 0 Å². The molecule has 2 aliphatic heterocycles. The summed E-state index contributed by atoms with van der Waals surface area (Å²) in [4.78, 5) is 16.7. The minimum absolute atomic E-state index is 0.0443. The predicted molar refractivity (Wildman–Crippen MR) is 126 cm³/mol. The number of carbonyl (C=O) groups excluding carboxylic acids is 1. The second kappa shape index (κ2) is 11.0. The number of carbonyl (C=O) groups is 1. The number of fused-ring (bicyclic) bond motifs is 1. The van der Waals surface area contributed by atoms with E-state index >= 15 is 0 Å². The lowest BCUT2D eigenvalue weighted by atomic mass is 10.3. The molecule has 0 spiro atoms. The zero-order chi connectivity index (χ0) is 24.0. The number of benzene rings is 2. The standard InChI is InChI=1S/C24H30N2O7S/c1-30-19-2-4-20(5-3-19)31-14-13-25-9-11-26(12-10-25)24(27)8-17-34(28,29)21-6-7-22-23(18-21)33-16-15-32-22/h2-7,18H,8-17H2,1H3. The average molecular weight is 491 g/mol. The van der Waals surface area contributed by atoms with Gasteiger partial charge >= 0.3 is 0 Å². The van der Waals surface area contributed by atoms with Gasteiger partial charge in [-0.25, -0.2) is 8.42 Å². The molecule has 0 radical (unpaired) electrons. The van der Waals surface area contributed by atoms with Crippen molar-refractivity contribution in [3.8, 4) is 23.0 Å². The van der Waals surface area contributed by atoms with Crippen LogP contribution < -0.4 is 18.9 Å². The Kier molecular flexibility index (Phi) is 7.79. The van der Waals surface area contributed by atoms with E-state index in [0.29, 0.717) is 44.4 Å². The molecular formula is C24H30N2O7S. The van der Waals surface area contributed by atoms with Gasteiger partial charge in [-0.3, -0.25) is 9.69 Å². The monoisotopic (exact) mass is 490 g/mol. The third-order valence-electron chi connectivity index (χ3n) is 5.92. The number of hydrogen-bond acceptors (Lipinski definition) is 8. The molecule has 184 valence electrons. The summed E-state index contributed by atoms with van der Waals surface area (Å²) >= 11 is 0. The van der Waals surface area contributed by atoms with Crippen molar-refractivity contribution in [2.75, 3.05) is 65.4 Å². The van der Waals surface area contributed by atoms with Crippen LogP contribution in [0, 0.1) is 0 Å². The quantitative estimate of drug-likeness (QED) is 0.526. The normalized spacial score (nSPS) is 16.2. The fourth-order valence-electron chi connectivity index (χ4n) is 3.90. The Morgan fingerprint density at radius 3 is 2.32 bits per heavy atom. The van der Waals surface area contributed by atoms with Crippen LogP contribution in [0.3, 0.4) is 0 Å². The minimum atomic E-state index is -3.60. The zero-order valence-electron chi connectivity index (χ0n) is 19.3. The number of methoxy groups -OCH3 is 1. The second-order valence-electron chi connectivity index (χ2n) is 8.12. The molecule has 0 unspecified atom stereocenters. The number of rotatable bonds is 9. The van der Waals surface area contributed by atoms with Crippen molar-refractivity contribution in [1.29, 1.82) is 0 Å². The molecule has 0 atom stereocenters. The highest BCUT2D eigenvalue weighted by molar-refractivity contribution is 7.91. The van der Waals surface area contributed by atoms with Gasteiger partial charge in [-0.1, -0.05) is 0 Å². The topological polar surface area (TPSA) is 94.6 Å². The molecule has 0 bridgehead atoms. The first-order valence-electron chi connectivity index (χ1n) is 11.3. The van der Waals surface area contributed by atoms with E-state index in [1.807, 2.05) is 24.3 Å². The van der Waals surface area contributed by atoms with E-state index in [9.17, 15) is 13.2 Å². The molecule has 1 fully saturated rings. The first kappa shape index (κ1) is 24.2. The van der Waals surface area contributed by atoms with Crippen LogP contribution in [0.1, 0.15) is 6.42 Å². The molecule has 9 nitrogen and oxygen atoms in total. The molecule has 2 aromatic carbocycles. The molecule has 0 aromatic heterocycles. The Morgan fingerprint density at radius 1 is 0.941 bits per heavy atom. The summed E-state index contributed by atoms with van der Waals surface area (Å²) in [6.07, 6.45) is -0.0443. The largest absolute Gasteiger partial charge is 0.497 e. The van der Waals surface area contributed by atoms with Crippen LogP contribution in [0.4, 0.5) is 0 Å². The van der Waals surface area contributed by atoms with E-state index in [0.717, 1.165) is 31.1 Å². The Bertz CT molecular complexity index is 1080.